The summed E-state index contributed by atoms with van der Waals surface area (Å²) in [4.78, 5) is 23.6. The van der Waals surface area contributed by atoms with Crippen molar-refractivity contribution in [1.82, 2.24) is 20.3 Å². The highest BCUT2D eigenvalue weighted by atomic mass is 35.5. The monoisotopic (exact) mass is 506 g/mol. The summed E-state index contributed by atoms with van der Waals surface area (Å²) in [5, 5.41) is 38.4. The number of carbonyl (C=O) groups excluding carboxylic acids is 1. The summed E-state index contributed by atoms with van der Waals surface area (Å²) in [5.41, 5.74) is -0.958. The summed E-state index contributed by atoms with van der Waals surface area (Å²) in [6.45, 7) is -0.414. The number of nitrogens with zero attached hydrogens (tertiary/aromatic N) is 3. The highest BCUT2D eigenvalue weighted by molar-refractivity contribution is 6.51. The second-order valence-corrected chi connectivity index (χ2v) is 8.64. The fourth-order valence-corrected chi connectivity index (χ4v) is 3.49. The molecule has 10 nitrogen and oxygen atoms in total. The molecule has 0 aromatic carbocycles. The minimum absolute atomic E-state index is 0.0774. The van der Waals surface area contributed by atoms with E-state index in [4.69, 9.17) is 56.1 Å². The van der Waals surface area contributed by atoms with Gasteiger partial charge in [0.25, 0.3) is 5.91 Å². The van der Waals surface area contributed by atoms with Crippen molar-refractivity contribution in [2.45, 2.75) is 22.3 Å². The first-order chi connectivity index (χ1) is 17.2. The predicted octanol–water partition coefficient (Wildman–Crippen LogP) is -1.30. The lowest BCUT2D eigenvalue weighted by atomic mass is 9.35. The molecule has 1 amide bonds. The van der Waals surface area contributed by atoms with Crippen molar-refractivity contribution in [2.75, 3.05) is 11.9 Å². The first kappa shape index (κ1) is 28.4. The number of nitrogens with one attached hydrogen (secondary N) is 3. The van der Waals surface area contributed by atoms with Gasteiger partial charge in [0, 0.05) is 46.0 Å². The van der Waals surface area contributed by atoms with Crippen LogP contribution in [0.1, 0.15) is 27.8 Å². The van der Waals surface area contributed by atoms with E-state index >= 15 is 0 Å². The lowest BCUT2D eigenvalue weighted by Crippen LogP contribution is -2.74. The topological polar surface area (TPSA) is 167 Å². The van der Waals surface area contributed by atoms with Crippen LogP contribution in [-0.2, 0) is 0 Å². The number of aromatic amines is 1. The molecule has 0 spiro atoms. The van der Waals surface area contributed by atoms with Crippen LogP contribution in [0.25, 0.3) is 11.1 Å². The Morgan fingerprint density at radius 1 is 1.14 bits per heavy atom. The zero-order valence-corrected chi connectivity index (χ0v) is 19.9. The van der Waals surface area contributed by atoms with Gasteiger partial charge in [-0.25, -0.2) is 9.97 Å². The largest absolute Gasteiger partial charge is 0.408 e. The first-order valence-electron chi connectivity index (χ1n) is 10.5. The maximum absolute atomic E-state index is 12.8. The van der Waals surface area contributed by atoms with Crippen molar-refractivity contribution in [3.05, 3.63) is 64.8 Å². The molecule has 1 atom stereocenters. The average Bonchev–Trinajstić information content (AvgIpc) is 3.32. The zero-order chi connectivity index (χ0) is 27.6. The van der Waals surface area contributed by atoms with Crippen LogP contribution in [0.2, 0.25) is 5.02 Å². The van der Waals surface area contributed by atoms with Crippen molar-refractivity contribution < 1.29 is 20.1 Å². The van der Waals surface area contributed by atoms with Gasteiger partial charge in [-0.1, -0.05) is 17.7 Å². The minimum Gasteiger partial charge on any atom is -0.408 e. The number of anilines is 1. The van der Waals surface area contributed by atoms with Gasteiger partial charge in [-0.05, 0) is 23.8 Å². The number of aliphatic hydroxyl groups is 3. The molecule has 37 heavy (non-hydrogen) atoms. The smallest absolute Gasteiger partial charge is 0.268 e. The highest BCUT2D eigenvalue weighted by Crippen LogP contribution is 2.33. The van der Waals surface area contributed by atoms with Crippen molar-refractivity contribution in [3.8, 4) is 17.2 Å². The number of H-pyrrole nitrogens is 1. The maximum Gasteiger partial charge on any atom is 0.268 e. The molecule has 0 bridgehead atoms. The van der Waals surface area contributed by atoms with Gasteiger partial charge in [-0.2, -0.15) is 5.26 Å². The number of nitriles is 1. The number of amides is 1. The summed E-state index contributed by atoms with van der Waals surface area (Å²) in [5.74, 6) is -0.627. The number of carbonyl (C=O) groups is 1. The maximum atomic E-state index is 12.8. The third-order valence-corrected chi connectivity index (χ3v) is 5.77. The average molecular weight is 506 g/mol. The SMILES string of the molecule is [B]C([B])(O)C([B])(Nc1cc(-c2c[nH]c(C(=O)N[C@H](CO)c3ccc(C#N)nc3)c2)c(Cl)cn1)C([B])([B])O. The van der Waals surface area contributed by atoms with Crippen LogP contribution >= 0.6 is 11.6 Å². The summed E-state index contributed by atoms with van der Waals surface area (Å²) >= 11 is 6.29. The Bertz CT molecular complexity index is 1310. The van der Waals surface area contributed by atoms with E-state index in [1.807, 2.05) is 6.07 Å². The molecule has 3 heterocycles. The van der Waals surface area contributed by atoms with Gasteiger partial charge in [0.2, 0.25) is 0 Å². The molecule has 3 aromatic rings. The summed E-state index contributed by atoms with van der Waals surface area (Å²) in [6.07, 6.45) is 4.09. The van der Waals surface area contributed by atoms with Crippen LogP contribution in [0.4, 0.5) is 5.82 Å². The molecule has 16 heteroatoms. The van der Waals surface area contributed by atoms with E-state index in [-0.39, 0.29) is 22.2 Å². The lowest BCUT2D eigenvalue weighted by molar-refractivity contribution is 0.0809. The van der Waals surface area contributed by atoms with Gasteiger partial charge in [0.15, 0.2) is 0 Å². The fraction of sp³-hybridized carbons (Fsp3) is 0.238. The van der Waals surface area contributed by atoms with Gasteiger partial charge >= 0.3 is 0 Å². The molecule has 10 radical (unpaired) electrons. The van der Waals surface area contributed by atoms with Crippen molar-refractivity contribution in [1.29, 1.82) is 5.26 Å². The van der Waals surface area contributed by atoms with Crippen LogP contribution in [-0.4, -0.2) is 98.3 Å². The van der Waals surface area contributed by atoms with Gasteiger partial charge in [0.1, 0.15) is 62.5 Å². The molecule has 0 saturated carbocycles. The zero-order valence-electron chi connectivity index (χ0n) is 19.2. The number of rotatable bonds is 9. The standard InChI is InChI=1S/C21H16B5ClN6O4/c22-19(20(23,24)36,21(25,26)37)33-17-4-13(14(27)8-31-17)11-3-15(30-7-11)18(35)32-16(9-34)10-1-2-12(5-28)29-6-10/h1-4,6-8,16,30,34,36-37H,9H2,(H,31,33)(H,32,35)/t16-/m1/s1. The summed E-state index contributed by atoms with van der Waals surface area (Å²) in [6, 6.07) is 6.99. The molecule has 176 valence electrons. The van der Waals surface area contributed by atoms with Crippen molar-refractivity contribution in [2.24, 2.45) is 0 Å². The van der Waals surface area contributed by atoms with E-state index in [2.05, 4.69) is 25.6 Å². The van der Waals surface area contributed by atoms with Crippen LogP contribution in [0, 0.1) is 11.3 Å². The number of aromatic nitrogens is 3. The third-order valence-electron chi connectivity index (χ3n) is 5.47. The molecule has 0 fully saturated rings. The van der Waals surface area contributed by atoms with Crippen LogP contribution in [0.3, 0.4) is 0 Å². The Hall–Kier alpha value is -3.17. The van der Waals surface area contributed by atoms with E-state index in [9.17, 15) is 20.1 Å². The van der Waals surface area contributed by atoms with Gasteiger partial charge in [0.05, 0.1) is 17.7 Å². The van der Waals surface area contributed by atoms with Crippen LogP contribution in [0.5, 0.6) is 0 Å². The molecule has 0 aliphatic rings. The Labute approximate surface area is 224 Å². The molecule has 0 unspecified atom stereocenters. The van der Waals surface area contributed by atoms with E-state index in [0.717, 1.165) is 0 Å². The molecule has 6 N–H and O–H groups in total. The molecule has 3 rings (SSSR count). The van der Waals surface area contributed by atoms with Gasteiger partial charge < -0.3 is 30.9 Å². The number of halogens is 1. The molecule has 3 aromatic heterocycles. The van der Waals surface area contributed by atoms with Crippen LogP contribution < -0.4 is 10.6 Å². The Balaban J connectivity index is 1.85. The molecule has 0 aliphatic carbocycles. The second-order valence-electron chi connectivity index (χ2n) is 8.23. The van der Waals surface area contributed by atoms with E-state index in [1.165, 1.54) is 36.8 Å². The Morgan fingerprint density at radius 2 is 1.81 bits per heavy atom. The lowest BCUT2D eigenvalue weighted by Gasteiger charge is -2.52. The summed E-state index contributed by atoms with van der Waals surface area (Å²) in [7, 11) is 27.7. The third kappa shape index (κ3) is 6.05. The van der Waals surface area contributed by atoms with E-state index < -0.39 is 34.8 Å². The fourth-order valence-electron chi connectivity index (χ4n) is 3.28. The molecule has 0 saturated heterocycles. The Kier molecular flexibility index (Phi) is 8.19. The predicted molar refractivity (Wildman–Crippen MR) is 140 cm³/mol. The summed E-state index contributed by atoms with van der Waals surface area (Å²) < 4.78 is 0. The second kappa shape index (κ2) is 10.7. The Morgan fingerprint density at radius 3 is 2.35 bits per heavy atom. The number of pyridine rings is 2. The first-order valence-corrected chi connectivity index (χ1v) is 10.9. The quantitative estimate of drug-likeness (QED) is 0.195. The minimum atomic E-state index is -2.79. The molecular weight excluding hydrogens is 490 g/mol. The number of aliphatic hydroxyl groups excluding tert-OH is 1. The number of hydrogen-bond acceptors (Lipinski definition) is 8. The van der Waals surface area contributed by atoms with Crippen molar-refractivity contribution >= 4 is 62.6 Å². The van der Waals surface area contributed by atoms with E-state index in [1.54, 1.807) is 6.07 Å². The van der Waals surface area contributed by atoms with E-state index in [0.29, 0.717) is 16.7 Å². The molecular formula is C21H16B5ClN6O4. The van der Waals surface area contributed by atoms with Crippen LogP contribution in [0.15, 0.2) is 42.9 Å². The van der Waals surface area contributed by atoms with Gasteiger partial charge in [-0.3, -0.25) is 4.79 Å². The number of hydrogen-bond donors (Lipinski definition) is 6. The normalized spacial score (nSPS) is 12.9. The molecule has 0 aliphatic heterocycles. The van der Waals surface area contributed by atoms with Gasteiger partial charge in [-0.15, -0.1) is 0 Å². The van der Waals surface area contributed by atoms with Crippen molar-refractivity contribution in [3.63, 3.8) is 0 Å². The highest BCUT2D eigenvalue weighted by Gasteiger charge is 2.47.